The van der Waals surface area contributed by atoms with Crippen molar-refractivity contribution in [1.82, 2.24) is 0 Å². The molecule has 0 N–H and O–H groups in total. The summed E-state index contributed by atoms with van der Waals surface area (Å²) in [6.45, 7) is 18.6. The molecule has 4 aromatic carbocycles. The van der Waals surface area contributed by atoms with Gasteiger partial charge in [-0.1, -0.05) is 114 Å². The minimum Gasteiger partial charge on any atom is -0.0795 e. The maximum Gasteiger partial charge on any atom is -0.00817 e. The highest BCUT2D eigenvalue weighted by Crippen LogP contribution is 2.41. The number of rotatable bonds is 2. The molecule has 2 aliphatic rings. The molecule has 0 heteroatoms. The van der Waals surface area contributed by atoms with Gasteiger partial charge < -0.3 is 0 Å². The van der Waals surface area contributed by atoms with E-state index in [0.29, 0.717) is 0 Å². The molecule has 4 aromatic rings. The van der Waals surface area contributed by atoms with E-state index in [1.807, 2.05) is 0 Å². The van der Waals surface area contributed by atoms with Gasteiger partial charge in [0.25, 0.3) is 0 Å². The summed E-state index contributed by atoms with van der Waals surface area (Å²) in [5.41, 5.74) is 14.0. The molecule has 0 unspecified atom stereocenters. The van der Waals surface area contributed by atoms with Crippen LogP contribution >= 0.6 is 0 Å². The number of hydrogen-bond acceptors (Lipinski definition) is 0. The summed E-state index contributed by atoms with van der Waals surface area (Å²) in [5.74, 6) is 0. The van der Waals surface area contributed by atoms with Crippen LogP contribution in [0.1, 0.15) is 89.6 Å². The van der Waals surface area contributed by atoms with Crippen molar-refractivity contribution in [2.24, 2.45) is 0 Å². The van der Waals surface area contributed by atoms with Gasteiger partial charge in [-0.3, -0.25) is 0 Å². The SMILES string of the molecule is CC(C)=c1cc2c(c(C3=C(c4ccc5ccccc5c4)C=CC3)c1C(C)(C)C)=Cc1cc(C(C)(C)C)ccc1-2. The second-order valence-electron chi connectivity index (χ2n) is 13.6. The molecule has 0 saturated carbocycles. The summed E-state index contributed by atoms with van der Waals surface area (Å²) in [5, 5.41) is 5.37. The van der Waals surface area contributed by atoms with Gasteiger partial charge in [0, 0.05) is 0 Å². The van der Waals surface area contributed by atoms with Gasteiger partial charge in [0.2, 0.25) is 0 Å². The Kier molecular flexibility index (Phi) is 5.88. The summed E-state index contributed by atoms with van der Waals surface area (Å²) in [6.07, 6.45) is 8.14. The van der Waals surface area contributed by atoms with Gasteiger partial charge in [-0.2, -0.15) is 0 Å². The maximum atomic E-state index is 2.48. The Morgan fingerprint density at radius 1 is 0.718 bits per heavy atom. The topological polar surface area (TPSA) is 0 Å². The molecule has 0 fully saturated rings. The van der Waals surface area contributed by atoms with Gasteiger partial charge in [0.05, 0.1) is 0 Å². The van der Waals surface area contributed by atoms with Crippen LogP contribution in [-0.2, 0) is 10.8 Å². The van der Waals surface area contributed by atoms with E-state index in [9.17, 15) is 0 Å². The number of fused-ring (bicyclic) bond motifs is 4. The van der Waals surface area contributed by atoms with Gasteiger partial charge in [0.1, 0.15) is 0 Å². The molecule has 0 saturated heterocycles. The Balaban J connectivity index is 1.71. The van der Waals surface area contributed by atoms with Crippen LogP contribution in [0.2, 0.25) is 0 Å². The Bertz CT molecular complexity index is 1840. The lowest BCUT2D eigenvalue weighted by atomic mass is 9.76. The van der Waals surface area contributed by atoms with Crippen molar-refractivity contribution in [3.63, 3.8) is 0 Å². The Labute approximate surface area is 234 Å². The van der Waals surface area contributed by atoms with Crippen LogP contribution in [0.4, 0.5) is 0 Å². The van der Waals surface area contributed by atoms with Crippen LogP contribution in [0.5, 0.6) is 0 Å². The van der Waals surface area contributed by atoms with Crippen molar-refractivity contribution in [3.8, 4) is 11.1 Å². The minimum atomic E-state index is 0.000234. The lowest BCUT2D eigenvalue weighted by molar-refractivity contribution is 0.583. The smallest absolute Gasteiger partial charge is 0.00817 e. The fraction of sp³-hybridized carbons (Fsp3) is 0.282. The summed E-state index contributed by atoms with van der Waals surface area (Å²) in [6, 6.07) is 25.2. The van der Waals surface area contributed by atoms with Crippen LogP contribution in [0.25, 0.3) is 44.7 Å². The van der Waals surface area contributed by atoms with Gasteiger partial charge in [-0.05, 0) is 121 Å². The zero-order valence-electron chi connectivity index (χ0n) is 24.8. The molecule has 0 amide bonds. The Hall–Kier alpha value is -3.64. The third-order valence-corrected chi connectivity index (χ3v) is 8.46. The Morgan fingerprint density at radius 2 is 1.46 bits per heavy atom. The molecular weight excluding hydrogens is 468 g/mol. The molecule has 0 spiro atoms. The third kappa shape index (κ3) is 4.31. The summed E-state index contributed by atoms with van der Waals surface area (Å²) >= 11 is 0. The highest BCUT2D eigenvalue weighted by Gasteiger charge is 2.29. The lowest BCUT2D eigenvalue weighted by Gasteiger charge is -2.27. The van der Waals surface area contributed by atoms with E-state index in [4.69, 9.17) is 0 Å². The highest BCUT2D eigenvalue weighted by atomic mass is 14.3. The number of benzene rings is 4. The quantitative estimate of drug-likeness (QED) is 0.223. The fourth-order valence-corrected chi connectivity index (χ4v) is 6.48. The van der Waals surface area contributed by atoms with Gasteiger partial charge >= 0.3 is 0 Å². The van der Waals surface area contributed by atoms with Crippen LogP contribution in [0.15, 0.2) is 78.9 Å². The zero-order chi connectivity index (χ0) is 27.7. The van der Waals surface area contributed by atoms with E-state index < -0.39 is 0 Å². The van der Waals surface area contributed by atoms with E-state index in [2.05, 4.69) is 140 Å². The van der Waals surface area contributed by atoms with E-state index in [1.54, 1.807) is 0 Å². The summed E-state index contributed by atoms with van der Waals surface area (Å²) in [4.78, 5) is 0. The Morgan fingerprint density at radius 3 is 2.15 bits per heavy atom. The van der Waals surface area contributed by atoms with E-state index in [0.717, 1.165) is 6.42 Å². The lowest BCUT2D eigenvalue weighted by Crippen LogP contribution is -2.31. The maximum absolute atomic E-state index is 2.48. The molecule has 0 aliphatic heterocycles. The standard InChI is InChI=1S/C39H40/c1-24(2)33-23-34-31-19-18-29(38(3,4)5)21-28(31)22-35(34)36(37(33)39(6,7)8)32-15-11-14-30(32)27-17-16-25-12-9-10-13-26(25)20-27/h9-14,16-23H,15H2,1-8H3. The summed E-state index contributed by atoms with van der Waals surface area (Å²) in [7, 11) is 0. The van der Waals surface area contributed by atoms with Crippen molar-refractivity contribution >= 4 is 33.6 Å². The van der Waals surface area contributed by atoms with Crippen molar-refractivity contribution in [3.05, 3.63) is 117 Å². The van der Waals surface area contributed by atoms with Crippen LogP contribution < -0.4 is 10.4 Å². The van der Waals surface area contributed by atoms with Crippen molar-refractivity contribution in [2.75, 3.05) is 0 Å². The molecule has 2 aliphatic carbocycles. The molecule has 6 rings (SSSR count). The van der Waals surface area contributed by atoms with Crippen LogP contribution in [0, 0.1) is 0 Å². The predicted octanol–water partition coefficient (Wildman–Crippen LogP) is 9.31. The molecule has 0 radical (unpaired) electrons. The van der Waals surface area contributed by atoms with Gasteiger partial charge in [-0.25, -0.2) is 0 Å². The van der Waals surface area contributed by atoms with Gasteiger partial charge in [-0.15, -0.1) is 0 Å². The molecule has 0 nitrogen and oxygen atoms in total. The molecule has 0 heterocycles. The summed E-state index contributed by atoms with van der Waals surface area (Å²) < 4.78 is 0. The van der Waals surface area contributed by atoms with Gasteiger partial charge in [0.15, 0.2) is 0 Å². The third-order valence-electron chi connectivity index (χ3n) is 8.46. The molecule has 0 aromatic heterocycles. The minimum absolute atomic E-state index is 0.000234. The van der Waals surface area contributed by atoms with E-state index in [1.165, 1.54) is 76.9 Å². The zero-order valence-corrected chi connectivity index (χ0v) is 24.8. The average Bonchev–Trinajstić information content (AvgIpc) is 3.50. The second-order valence-corrected chi connectivity index (χ2v) is 13.6. The molecule has 0 atom stereocenters. The largest absolute Gasteiger partial charge is 0.0795 e. The van der Waals surface area contributed by atoms with E-state index >= 15 is 0 Å². The second kappa shape index (κ2) is 8.95. The molecule has 0 bridgehead atoms. The molecule has 196 valence electrons. The van der Waals surface area contributed by atoms with E-state index in [-0.39, 0.29) is 10.8 Å². The first kappa shape index (κ1) is 25.6. The highest BCUT2D eigenvalue weighted by molar-refractivity contribution is 6.03. The van der Waals surface area contributed by atoms with Crippen molar-refractivity contribution < 1.29 is 0 Å². The first-order chi connectivity index (χ1) is 18.4. The van der Waals surface area contributed by atoms with Crippen molar-refractivity contribution in [1.29, 1.82) is 0 Å². The van der Waals surface area contributed by atoms with Crippen LogP contribution in [0.3, 0.4) is 0 Å². The number of hydrogen-bond donors (Lipinski definition) is 0. The molecule has 39 heavy (non-hydrogen) atoms. The number of allylic oxidation sites excluding steroid dienone is 4. The normalized spacial score (nSPS) is 14.6. The predicted molar refractivity (Wildman–Crippen MR) is 171 cm³/mol. The van der Waals surface area contributed by atoms with Crippen molar-refractivity contribution in [2.45, 2.75) is 72.6 Å². The first-order valence-electron chi connectivity index (χ1n) is 14.3. The average molecular weight is 509 g/mol. The first-order valence-corrected chi connectivity index (χ1v) is 14.3. The van der Waals surface area contributed by atoms with Crippen LogP contribution in [-0.4, -0.2) is 0 Å². The monoisotopic (exact) mass is 508 g/mol. The fourth-order valence-electron chi connectivity index (χ4n) is 6.48. The molecular formula is C39H40.